The van der Waals surface area contributed by atoms with E-state index in [-0.39, 0.29) is 48.7 Å². The first-order valence-corrected chi connectivity index (χ1v) is 29.8. The van der Waals surface area contributed by atoms with Gasteiger partial charge in [-0.3, -0.25) is 24.2 Å². The van der Waals surface area contributed by atoms with Crippen molar-refractivity contribution in [3.63, 3.8) is 0 Å². The number of nitrogens with one attached hydrogen (secondary N) is 1. The Kier molecular flexibility index (Phi) is 19.0. The van der Waals surface area contributed by atoms with Gasteiger partial charge in [-0.2, -0.15) is 5.01 Å². The van der Waals surface area contributed by atoms with Crippen LogP contribution >= 0.6 is 38.9 Å². The third-order valence-corrected chi connectivity index (χ3v) is 16.7. The highest BCUT2D eigenvalue weighted by Gasteiger charge is 2.52. The molecular formula is C67H65BrClN11O7S. The van der Waals surface area contributed by atoms with E-state index < -0.39 is 34.4 Å². The van der Waals surface area contributed by atoms with Gasteiger partial charge in [0.15, 0.2) is 28.7 Å². The predicted molar refractivity (Wildman–Crippen MR) is 345 cm³/mol. The fraction of sp³-hybridized carbons (Fsp3) is 0.194. The highest BCUT2D eigenvalue weighted by atomic mass is 79.9. The van der Waals surface area contributed by atoms with Crippen molar-refractivity contribution in [2.45, 2.75) is 69.7 Å². The summed E-state index contributed by atoms with van der Waals surface area (Å²) >= 11 is 10.9. The van der Waals surface area contributed by atoms with Gasteiger partial charge >= 0.3 is 12.1 Å². The van der Waals surface area contributed by atoms with Crippen LogP contribution < -0.4 is 22.5 Å². The van der Waals surface area contributed by atoms with Crippen LogP contribution in [0.5, 0.6) is 0 Å². The van der Waals surface area contributed by atoms with Crippen molar-refractivity contribution in [3.05, 3.63) is 270 Å². The number of carbonyl (C=O) groups is 5. The number of benzene rings is 7. The Labute approximate surface area is 528 Å². The van der Waals surface area contributed by atoms with E-state index >= 15 is 0 Å². The molecule has 450 valence electrons. The van der Waals surface area contributed by atoms with E-state index in [0.717, 1.165) is 48.3 Å². The van der Waals surface area contributed by atoms with Crippen LogP contribution in [-0.4, -0.2) is 87.2 Å². The van der Waals surface area contributed by atoms with Crippen molar-refractivity contribution in [2.24, 2.45) is 32.2 Å². The Balaban J connectivity index is 0.000000163. The zero-order valence-electron chi connectivity index (χ0n) is 49.1. The minimum absolute atomic E-state index is 0.135. The number of thiophene rings is 1. The van der Waals surface area contributed by atoms with Crippen molar-refractivity contribution < 1.29 is 33.4 Å². The van der Waals surface area contributed by atoms with E-state index in [1.165, 1.54) is 38.3 Å². The molecule has 1 unspecified atom stereocenters. The second kappa shape index (κ2) is 26.5. The lowest BCUT2D eigenvalue weighted by Gasteiger charge is -2.36. The van der Waals surface area contributed by atoms with E-state index in [0.29, 0.717) is 22.7 Å². The molecule has 0 saturated carbocycles. The highest BCUT2D eigenvalue weighted by molar-refractivity contribution is 9.10. The lowest BCUT2D eigenvalue weighted by atomic mass is 9.83. The molecule has 0 spiro atoms. The second-order valence-electron chi connectivity index (χ2n) is 21.7. The molecule has 3 aliphatic rings. The Hall–Kier alpha value is -9.63. The number of aliphatic imine (C=N–C) groups is 3. The van der Waals surface area contributed by atoms with Gasteiger partial charge < -0.3 is 32.0 Å². The zero-order chi connectivity index (χ0) is 63.0. The van der Waals surface area contributed by atoms with Crippen molar-refractivity contribution in [2.75, 3.05) is 14.2 Å². The number of methoxy groups -OCH3 is 1. The fourth-order valence-electron chi connectivity index (χ4n) is 10.3. The molecule has 0 bridgehead atoms. The van der Waals surface area contributed by atoms with E-state index in [2.05, 4.69) is 31.2 Å². The van der Waals surface area contributed by atoms with Crippen molar-refractivity contribution >= 4 is 86.5 Å². The predicted octanol–water partition coefficient (Wildman–Crippen LogP) is 11.0. The number of guanidine groups is 3. The number of halogens is 2. The van der Waals surface area contributed by atoms with Gasteiger partial charge in [0.05, 0.1) is 30.6 Å². The van der Waals surface area contributed by atoms with Crippen molar-refractivity contribution in [1.82, 2.24) is 25.1 Å². The van der Waals surface area contributed by atoms with Gasteiger partial charge in [0.25, 0.3) is 17.7 Å². The quantitative estimate of drug-likeness (QED) is 0.0791. The summed E-state index contributed by atoms with van der Waals surface area (Å²) in [5, 5.41) is 8.46. The maximum Gasteiger partial charge on any atom is 0.432 e. The zero-order valence-corrected chi connectivity index (χ0v) is 52.3. The first-order valence-electron chi connectivity index (χ1n) is 27.8. The van der Waals surface area contributed by atoms with Crippen molar-refractivity contribution in [1.29, 1.82) is 0 Å². The number of hydrogen-bond donors (Lipinski definition) is 4. The van der Waals surface area contributed by atoms with Crippen LogP contribution in [0.15, 0.2) is 225 Å². The van der Waals surface area contributed by atoms with Gasteiger partial charge in [-0.15, -0.1) is 11.3 Å². The smallest absolute Gasteiger partial charge is 0.432 e. The highest BCUT2D eigenvalue weighted by Crippen LogP contribution is 2.43. The fourth-order valence-corrected chi connectivity index (χ4v) is 11.9. The van der Waals surface area contributed by atoms with Gasteiger partial charge in [-0.1, -0.05) is 169 Å². The molecule has 11 rings (SSSR count). The Morgan fingerprint density at radius 3 is 1.51 bits per heavy atom. The lowest BCUT2D eigenvalue weighted by Crippen LogP contribution is -2.53. The molecule has 0 fully saturated rings. The first-order chi connectivity index (χ1) is 42.1. The summed E-state index contributed by atoms with van der Waals surface area (Å²) in [5.74, 6) is -0.511. The Morgan fingerprint density at radius 1 is 0.602 bits per heavy atom. The second-order valence-corrected chi connectivity index (χ2v) is 24.0. The van der Waals surface area contributed by atoms with Crippen molar-refractivity contribution in [3.8, 4) is 0 Å². The molecule has 0 aliphatic carbocycles. The number of hydrazine groups is 1. The molecule has 4 amide bonds. The largest absolute Gasteiger partial charge is 0.465 e. The van der Waals surface area contributed by atoms with Crippen LogP contribution in [0.25, 0.3) is 0 Å². The van der Waals surface area contributed by atoms with E-state index in [9.17, 15) is 24.0 Å². The van der Waals surface area contributed by atoms with E-state index in [1.54, 1.807) is 61.6 Å². The molecule has 7 N–H and O–H groups in total. The van der Waals surface area contributed by atoms with E-state index in [1.807, 2.05) is 179 Å². The minimum Gasteiger partial charge on any atom is -0.465 e. The molecule has 88 heavy (non-hydrogen) atoms. The summed E-state index contributed by atoms with van der Waals surface area (Å²) in [6.07, 6.45) is -0.485. The summed E-state index contributed by atoms with van der Waals surface area (Å²) < 4.78 is 11.1. The number of nitrogens with two attached hydrogens (primary N) is 3. The number of rotatable bonds is 13. The van der Waals surface area contributed by atoms with Crippen LogP contribution in [0.1, 0.15) is 92.2 Å². The van der Waals surface area contributed by atoms with Gasteiger partial charge in [-0.05, 0) is 125 Å². The summed E-state index contributed by atoms with van der Waals surface area (Å²) in [7, 11) is 3.03. The normalized spacial score (nSPS) is 16.5. The van der Waals surface area contributed by atoms with Gasteiger partial charge in [0, 0.05) is 34.0 Å². The van der Waals surface area contributed by atoms with Crippen LogP contribution in [0.3, 0.4) is 0 Å². The summed E-state index contributed by atoms with van der Waals surface area (Å²) in [6.45, 7) is 8.12. The maximum atomic E-state index is 14.0. The van der Waals surface area contributed by atoms with Crippen LogP contribution in [-0.2, 0) is 55.4 Å². The average molecular weight is 1280 g/mol. The number of nitrogens with zero attached hydrogens (tertiary/aromatic N) is 7. The standard InChI is InChI=1S/C30H25ClN4O2.C24H21N3O3.C13H19BrN4O2S/c31-26-16-14-21(15-17-26)19-33-27(36)23-9-7-8-22(18-23)20-35-28(37)30(34-29(35)32,24-10-3-1-4-11-24)25-12-5-2-6-13-25;1-30-21(28)18-14-12-17(13-15-18)16-27-22(29)24(26-23(27)25,19-8-4-2-5-9-19)20-10-6-3-7-11-20;1-12(2,3)20-11(19)18-13(4,16-10(15)17(18)5)9-6-8(14)7-21-9/h1-18H,19-20H2,(H2,32,34)(H,33,36);2-15H,16H2,1H3,(H2,25,26);6-7H,1-5H3,(H2,15,16). The Morgan fingerprint density at radius 2 is 1.07 bits per heavy atom. The molecule has 0 radical (unpaired) electrons. The summed E-state index contributed by atoms with van der Waals surface area (Å²) in [5.41, 5.74) is 21.0. The molecule has 21 heteroatoms. The van der Waals surface area contributed by atoms with Gasteiger partial charge in [0.2, 0.25) is 5.96 Å². The number of carbonyl (C=O) groups excluding carboxylic acids is 5. The molecule has 3 aliphatic heterocycles. The molecule has 8 aromatic rings. The Bertz CT molecular complexity index is 3850. The first kappa shape index (κ1) is 62.9. The SMILES string of the molecule is CN1C(N)=NC(C)(c2cc(Br)cs2)N1C(=O)OC(C)(C)C.COC(=O)c1ccc(CN2C(=O)C(c3ccccc3)(c3ccccc3)N=C2N)cc1.NC1=NC(c2ccccc2)(c2ccccc2)C(=O)N1Cc1cccc(C(=O)NCc2ccc(Cl)cc2)c1. The molecule has 1 atom stereocenters. The van der Waals surface area contributed by atoms with Crippen LogP contribution in [0, 0.1) is 0 Å². The minimum atomic E-state index is -1.26. The summed E-state index contributed by atoms with van der Waals surface area (Å²) in [4.78, 5) is 82.4. The maximum absolute atomic E-state index is 14.0. The third kappa shape index (κ3) is 13.3. The molecule has 18 nitrogen and oxygen atoms in total. The number of hydrogen-bond acceptors (Lipinski definition) is 15. The van der Waals surface area contributed by atoms with Crippen LogP contribution in [0.2, 0.25) is 5.02 Å². The number of ether oxygens (including phenoxy) is 2. The molecule has 7 aromatic carbocycles. The van der Waals surface area contributed by atoms with Gasteiger partial charge in [0.1, 0.15) is 5.60 Å². The molecular weight excluding hydrogens is 1220 g/mol. The molecule has 1 aromatic heterocycles. The lowest BCUT2D eigenvalue weighted by molar-refractivity contribution is -0.131. The third-order valence-electron chi connectivity index (χ3n) is 14.6. The number of amides is 4. The molecule has 0 saturated heterocycles. The average Bonchev–Trinajstić information content (AvgIpc) is 1.79. The molecule has 4 heterocycles. The topological polar surface area (TPSA) is 244 Å². The number of esters is 1. The van der Waals surface area contributed by atoms with Gasteiger partial charge in [-0.25, -0.2) is 29.6 Å². The summed E-state index contributed by atoms with van der Waals surface area (Å²) in [6, 6.07) is 61.0. The van der Waals surface area contributed by atoms with E-state index in [4.69, 9.17) is 43.3 Å². The van der Waals surface area contributed by atoms with Crippen LogP contribution in [0.4, 0.5) is 4.79 Å². The monoisotopic (exact) mass is 1280 g/mol.